The SMILES string of the molecule is Cc1ccc(SCC(NN)C2CCCOC2)cc1. The first-order valence-electron chi connectivity index (χ1n) is 6.53. The van der Waals surface area contributed by atoms with E-state index in [9.17, 15) is 0 Å². The average molecular weight is 266 g/mol. The predicted octanol–water partition coefficient (Wildman–Crippen LogP) is 2.35. The zero-order valence-electron chi connectivity index (χ0n) is 10.9. The molecule has 0 aliphatic carbocycles. The van der Waals surface area contributed by atoms with Crippen LogP contribution in [-0.4, -0.2) is 25.0 Å². The monoisotopic (exact) mass is 266 g/mol. The summed E-state index contributed by atoms with van der Waals surface area (Å²) in [6, 6.07) is 8.97. The Labute approximate surface area is 113 Å². The summed E-state index contributed by atoms with van der Waals surface area (Å²) in [4.78, 5) is 1.30. The summed E-state index contributed by atoms with van der Waals surface area (Å²) in [5.74, 6) is 7.21. The van der Waals surface area contributed by atoms with Crippen molar-refractivity contribution in [1.82, 2.24) is 5.43 Å². The Morgan fingerprint density at radius 2 is 2.22 bits per heavy atom. The minimum atomic E-state index is 0.330. The molecule has 3 N–H and O–H groups in total. The molecule has 0 bridgehead atoms. The quantitative estimate of drug-likeness (QED) is 0.488. The number of ether oxygens (including phenoxy) is 1. The van der Waals surface area contributed by atoms with E-state index in [4.69, 9.17) is 10.6 Å². The highest BCUT2D eigenvalue weighted by molar-refractivity contribution is 7.99. The van der Waals surface area contributed by atoms with Crippen LogP contribution in [0.1, 0.15) is 18.4 Å². The van der Waals surface area contributed by atoms with Crippen LogP contribution in [0.4, 0.5) is 0 Å². The van der Waals surface area contributed by atoms with Crippen molar-refractivity contribution >= 4 is 11.8 Å². The van der Waals surface area contributed by atoms with Crippen molar-refractivity contribution in [3.05, 3.63) is 29.8 Å². The van der Waals surface area contributed by atoms with E-state index in [1.807, 2.05) is 11.8 Å². The molecular formula is C14H22N2OS. The molecule has 2 atom stereocenters. The van der Waals surface area contributed by atoms with Gasteiger partial charge >= 0.3 is 0 Å². The van der Waals surface area contributed by atoms with Gasteiger partial charge in [0.1, 0.15) is 0 Å². The van der Waals surface area contributed by atoms with E-state index in [-0.39, 0.29) is 0 Å². The number of thioether (sulfide) groups is 1. The number of benzene rings is 1. The smallest absolute Gasteiger partial charge is 0.0509 e. The maximum atomic E-state index is 5.67. The van der Waals surface area contributed by atoms with Crippen LogP contribution < -0.4 is 11.3 Å². The molecule has 1 aromatic carbocycles. The number of aryl methyl sites for hydroxylation is 1. The summed E-state index contributed by atoms with van der Waals surface area (Å²) in [6.45, 7) is 3.85. The van der Waals surface area contributed by atoms with Gasteiger partial charge in [-0.1, -0.05) is 17.7 Å². The zero-order chi connectivity index (χ0) is 12.8. The van der Waals surface area contributed by atoms with Gasteiger partial charge in [-0.2, -0.15) is 0 Å². The van der Waals surface area contributed by atoms with Crippen LogP contribution in [0.25, 0.3) is 0 Å². The summed E-state index contributed by atoms with van der Waals surface area (Å²) in [7, 11) is 0. The van der Waals surface area contributed by atoms with Gasteiger partial charge in [-0.15, -0.1) is 11.8 Å². The van der Waals surface area contributed by atoms with Crippen molar-refractivity contribution in [2.45, 2.75) is 30.7 Å². The predicted molar refractivity (Wildman–Crippen MR) is 76.6 cm³/mol. The van der Waals surface area contributed by atoms with Crippen molar-refractivity contribution in [2.24, 2.45) is 11.8 Å². The molecule has 0 amide bonds. The van der Waals surface area contributed by atoms with Crippen molar-refractivity contribution in [3.8, 4) is 0 Å². The molecule has 1 saturated heterocycles. The largest absolute Gasteiger partial charge is 0.381 e. The second kappa shape index (κ2) is 7.14. The number of nitrogens with two attached hydrogens (primary N) is 1. The highest BCUT2D eigenvalue weighted by Crippen LogP contribution is 2.24. The number of hydrazine groups is 1. The lowest BCUT2D eigenvalue weighted by Crippen LogP contribution is -2.45. The maximum Gasteiger partial charge on any atom is 0.0509 e. The molecule has 1 aliphatic heterocycles. The molecule has 1 fully saturated rings. The Morgan fingerprint density at radius 3 is 2.83 bits per heavy atom. The third-order valence-corrected chi connectivity index (χ3v) is 4.56. The topological polar surface area (TPSA) is 47.3 Å². The van der Waals surface area contributed by atoms with Gasteiger partial charge in [0.2, 0.25) is 0 Å². The second-order valence-corrected chi connectivity index (χ2v) is 5.97. The van der Waals surface area contributed by atoms with Crippen LogP contribution in [0.3, 0.4) is 0 Å². The van der Waals surface area contributed by atoms with E-state index in [1.165, 1.54) is 16.9 Å². The Morgan fingerprint density at radius 1 is 1.44 bits per heavy atom. The first-order chi connectivity index (χ1) is 8.79. The van der Waals surface area contributed by atoms with Gasteiger partial charge in [-0.25, -0.2) is 0 Å². The summed E-state index contributed by atoms with van der Waals surface area (Å²) in [5, 5.41) is 0. The molecule has 2 rings (SSSR count). The summed E-state index contributed by atoms with van der Waals surface area (Å²) < 4.78 is 5.53. The van der Waals surface area contributed by atoms with Gasteiger partial charge < -0.3 is 4.74 Å². The number of hydrogen-bond acceptors (Lipinski definition) is 4. The molecule has 1 aromatic rings. The summed E-state index contributed by atoms with van der Waals surface area (Å²) in [6.07, 6.45) is 2.36. The molecule has 18 heavy (non-hydrogen) atoms. The standard InChI is InChI=1S/C14H22N2OS/c1-11-4-6-13(7-5-11)18-10-14(16-15)12-3-2-8-17-9-12/h4-7,12,14,16H,2-3,8-10,15H2,1H3. The van der Waals surface area contributed by atoms with Crippen LogP contribution in [0.2, 0.25) is 0 Å². The number of nitrogens with one attached hydrogen (secondary N) is 1. The van der Waals surface area contributed by atoms with Gasteiger partial charge in [0.25, 0.3) is 0 Å². The normalized spacial score (nSPS) is 21.8. The molecule has 2 unspecified atom stereocenters. The fourth-order valence-corrected chi connectivity index (χ4v) is 3.29. The van der Waals surface area contributed by atoms with Crippen molar-refractivity contribution in [3.63, 3.8) is 0 Å². The molecule has 1 heterocycles. The number of hydrogen-bond donors (Lipinski definition) is 2. The van der Waals surface area contributed by atoms with Crippen LogP contribution in [0, 0.1) is 12.8 Å². The lowest BCUT2D eigenvalue weighted by atomic mass is 9.95. The highest BCUT2D eigenvalue weighted by Gasteiger charge is 2.23. The molecule has 0 spiro atoms. The Hall–Kier alpha value is -0.550. The Bertz CT molecular complexity index is 349. The van der Waals surface area contributed by atoms with Crippen molar-refractivity contribution in [2.75, 3.05) is 19.0 Å². The van der Waals surface area contributed by atoms with Crippen LogP contribution >= 0.6 is 11.8 Å². The van der Waals surface area contributed by atoms with Gasteiger partial charge in [0.15, 0.2) is 0 Å². The fourth-order valence-electron chi connectivity index (χ4n) is 2.22. The average Bonchev–Trinajstić information content (AvgIpc) is 2.43. The van der Waals surface area contributed by atoms with Gasteiger partial charge in [0, 0.05) is 23.3 Å². The van der Waals surface area contributed by atoms with Gasteiger partial charge in [-0.3, -0.25) is 11.3 Å². The molecule has 0 aromatic heterocycles. The highest BCUT2D eigenvalue weighted by atomic mass is 32.2. The van der Waals surface area contributed by atoms with E-state index >= 15 is 0 Å². The van der Waals surface area contributed by atoms with E-state index < -0.39 is 0 Å². The van der Waals surface area contributed by atoms with Crippen LogP contribution in [0.5, 0.6) is 0 Å². The van der Waals surface area contributed by atoms with Gasteiger partial charge in [0.05, 0.1) is 6.61 Å². The summed E-state index contributed by atoms with van der Waals surface area (Å²) in [5.41, 5.74) is 4.25. The first kappa shape index (κ1) is 13.9. The molecular weight excluding hydrogens is 244 g/mol. The molecule has 0 radical (unpaired) electrons. The number of rotatable bonds is 5. The van der Waals surface area contributed by atoms with E-state index in [1.54, 1.807) is 0 Å². The molecule has 100 valence electrons. The molecule has 4 heteroatoms. The van der Waals surface area contributed by atoms with Crippen LogP contribution in [0.15, 0.2) is 29.2 Å². The van der Waals surface area contributed by atoms with E-state index in [0.29, 0.717) is 12.0 Å². The lowest BCUT2D eigenvalue weighted by Gasteiger charge is -2.29. The minimum Gasteiger partial charge on any atom is -0.381 e. The van der Waals surface area contributed by atoms with Gasteiger partial charge in [-0.05, 0) is 37.8 Å². The first-order valence-corrected chi connectivity index (χ1v) is 7.51. The minimum absolute atomic E-state index is 0.330. The molecule has 0 saturated carbocycles. The third kappa shape index (κ3) is 3.99. The van der Waals surface area contributed by atoms with Crippen molar-refractivity contribution in [1.29, 1.82) is 0 Å². The van der Waals surface area contributed by atoms with Crippen LogP contribution in [-0.2, 0) is 4.74 Å². The zero-order valence-corrected chi connectivity index (χ0v) is 11.7. The maximum absolute atomic E-state index is 5.67. The Kier molecular flexibility index (Phi) is 5.50. The Balaban J connectivity index is 1.84. The molecule has 1 aliphatic rings. The molecule has 3 nitrogen and oxygen atoms in total. The fraction of sp³-hybridized carbons (Fsp3) is 0.571. The van der Waals surface area contributed by atoms with E-state index in [0.717, 1.165) is 25.4 Å². The van der Waals surface area contributed by atoms with Crippen molar-refractivity contribution < 1.29 is 4.74 Å². The summed E-state index contributed by atoms with van der Waals surface area (Å²) >= 11 is 1.86. The third-order valence-electron chi connectivity index (χ3n) is 3.43. The second-order valence-electron chi connectivity index (χ2n) is 4.87. The lowest BCUT2D eigenvalue weighted by molar-refractivity contribution is 0.0427. The van der Waals surface area contributed by atoms with E-state index in [2.05, 4.69) is 36.6 Å².